The summed E-state index contributed by atoms with van der Waals surface area (Å²) in [6.45, 7) is 1.28. The lowest BCUT2D eigenvalue weighted by Gasteiger charge is -2.32. The Kier molecular flexibility index (Phi) is 6.48. The van der Waals surface area contributed by atoms with Crippen LogP contribution >= 0.6 is 0 Å². The van der Waals surface area contributed by atoms with Crippen molar-refractivity contribution in [2.45, 2.75) is 25.6 Å². The van der Waals surface area contributed by atoms with Gasteiger partial charge in [0.15, 0.2) is 0 Å². The highest BCUT2D eigenvalue weighted by atomic mass is 15.2. The molecule has 0 bridgehead atoms. The summed E-state index contributed by atoms with van der Waals surface area (Å²) in [7, 11) is 1.87. The van der Waals surface area contributed by atoms with Crippen molar-refractivity contribution in [3.8, 4) is 0 Å². The summed E-state index contributed by atoms with van der Waals surface area (Å²) in [5.74, 6) is 0. The van der Waals surface area contributed by atoms with Gasteiger partial charge in [-0.3, -0.25) is 4.90 Å². The van der Waals surface area contributed by atoms with Gasteiger partial charge in [0.1, 0.15) is 0 Å². The Morgan fingerprint density at radius 2 is 1.15 bits per heavy atom. The van der Waals surface area contributed by atoms with Crippen molar-refractivity contribution in [3.05, 3.63) is 108 Å². The minimum atomic E-state index is -0.363. The van der Waals surface area contributed by atoms with Crippen LogP contribution in [0.25, 0.3) is 0 Å². The maximum Gasteiger partial charge on any atom is 0.0444 e. The van der Waals surface area contributed by atoms with Gasteiger partial charge in [0.05, 0.1) is 0 Å². The molecule has 3 aromatic carbocycles. The van der Waals surface area contributed by atoms with E-state index in [-0.39, 0.29) is 12.6 Å². The Morgan fingerprint density at radius 1 is 0.731 bits per heavy atom. The Labute approximate surface area is 158 Å². The van der Waals surface area contributed by atoms with Crippen LogP contribution in [-0.2, 0) is 19.5 Å². The van der Waals surface area contributed by atoms with Crippen LogP contribution in [0.4, 0.5) is 0 Å². The molecule has 0 aliphatic carbocycles. The maximum absolute atomic E-state index is 8.64. The highest BCUT2D eigenvalue weighted by Crippen LogP contribution is 2.16. The van der Waals surface area contributed by atoms with Crippen LogP contribution in [0.2, 0.25) is 0 Å². The number of rotatable bonds is 9. The minimum Gasteiger partial charge on any atom is -0.318 e. The lowest BCUT2D eigenvalue weighted by atomic mass is 10.0. The van der Waals surface area contributed by atoms with Gasteiger partial charge in [0.25, 0.3) is 0 Å². The Bertz CT molecular complexity index is 736. The SMILES string of the molecule is [2H][C@@H](NC)[C@H](Cc1ccccc1)N(Cc1ccccc1)Cc1ccccc1. The van der Waals surface area contributed by atoms with Crippen molar-refractivity contribution in [2.24, 2.45) is 0 Å². The van der Waals surface area contributed by atoms with E-state index in [9.17, 15) is 0 Å². The second-order valence-electron chi connectivity index (χ2n) is 6.59. The molecule has 2 atom stereocenters. The van der Waals surface area contributed by atoms with Crippen LogP contribution in [0.15, 0.2) is 91.0 Å². The fraction of sp³-hybridized carbons (Fsp3) is 0.250. The van der Waals surface area contributed by atoms with Crippen LogP contribution in [0.5, 0.6) is 0 Å². The molecule has 0 heterocycles. The van der Waals surface area contributed by atoms with Gasteiger partial charge < -0.3 is 5.32 Å². The van der Waals surface area contributed by atoms with Gasteiger partial charge in [0, 0.05) is 27.0 Å². The third-order valence-electron chi connectivity index (χ3n) is 4.57. The molecule has 0 unspecified atom stereocenters. The van der Waals surface area contributed by atoms with E-state index in [1.165, 1.54) is 16.7 Å². The first-order chi connectivity index (χ1) is 13.3. The van der Waals surface area contributed by atoms with Crippen molar-refractivity contribution in [1.82, 2.24) is 10.2 Å². The molecule has 3 aromatic rings. The van der Waals surface area contributed by atoms with E-state index in [1.54, 1.807) is 0 Å². The summed E-state index contributed by atoms with van der Waals surface area (Å²) in [6, 6.07) is 31.6. The quantitative estimate of drug-likeness (QED) is 0.613. The van der Waals surface area contributed by atoms with Gasteiger partial charge in [-0.25, -0.2) is 0 Å². The lowest BCUT2D eigenvalue weighted by Crippen LogP contribution is -2.42. The normalized spacial score (nSPS) is 14.0. The van der Waals surface area contributed by atoms with Crippen LogP contribution in [-0.4, -0.2) is 24.5 Å². The fourth-order valence-corrected chi connectivity index (χ4v) is 3.27. The smallest absolute Gasteiger partial charge is 0.0444 e. The van der Waals surface area contributed by atoms with Crippen LogP contribution in [0.3, 0.4) is 0 Å². The van der Waals surface area contributed by atoms with Gasteiger partial charge in [-0.05, 0) is 30.2 Å². The number of benzene rings is 3. The van der Waals surface area contributed by atoms with Crippen molar-refractivity contribution < 1.29 is 1.37 Å². The third-order valence-corrected chi connectivity index (χ3v) is 4.57. The molecule has 3 rings (SSSR count). The molecule has 0 aliphatic rings. The third kappa shape index (κ3) is 5.55. The first-order valence-corrected chi connectivity index (χ1v) is 9.21. The summed E-state index contributed by atoms with van der Waals surface area (Å²) in [5.41, 5.74) is 3.81. The molecule has 0 amide bonds. The predicted octanol–water partition coefficient (Wildman–Crippen LogP) is 4.52. The summed E-state index contributed by atoms with van der Waals surface area (Å²) < 4.78 is 8.64. The zero-order valence-electron chi connectivity index (χ0n) is 16.4. The minimum absolute atomic E-state index is 0.0674. The molecule has 134 valence electrons. The average Bonchev–Trinajstić information content (AvgIpc) is 2.73. The van der Waals surface area contributed by atoms with E-state index in [1.807, 2.05) is 25.2 Å². The summed E-state index contributed by atoms with van der Waals surface area (Å²) >= 11 is 0. The molecule has 0 radical (unpaired) electrons. The van der Waals surface area contributed by atoms with Crippen molar-refractivity contribution in [1.29, 1.82) is 0 Å². The molecule has 2 nitrogen and oxygen atoms in total. The average molecular weight is 346 g/mol. The largest absolute Gasteiger partial charge is 0.318 e. The molecule has 0 spiro atoms. The van der Waals surface area contributed by atoms with E-state index in [2.05, 4.69) is 83.0 Å². The fourth-order valence-electron chi connectivity index (χ4n) is 3.27. The van der Waals surface area contributed by atoms with Gasteiger partial charge >= 0.3 is 0 Å². The number of nitrogens with zero attached hydrogens (tertiary/aromatic N) is 1. The Morgan fingerprint density at radius 3 is 1.58 bits per heavy atom. The topological polar surface area (TPSA) is 15.3 Å². The van der Waals surface area contributed by atoms with E-state index >= 15 is 0 Å². The molecule has 0 aromatic heterocycles. The van der Waals surface area contributed by atoms with Crippen LogP contribution in [0.1, 0.15) is 18.1 Å². The molecule has 2 heteroatoms. The van der Waals surface area contributed by atoms with E-state index in [0.29, 0.717) is 0 Å². The number of hydrogen-bond donors (Lipinski definition) is 1. The Balaban J connectivity index is 1.88. The first kappa shape index (κ1) is 17.0. The standard InChI is InChI=1S/C24H28N2/c1-25-18-24(17-21-11-5-2-6-12-21)26(19-22-13-7-3-8-14-22)20-23-15-9-4-10-16-23/h2-16,24-25H,17-20H2,1H3/t24-/m0/s1/i18D/t18-,24+/m1. The second-order valence-corrected chi connectivity index (χ2v) is 6.59. The molecule has 0 aliphatic heterocycles. The summed E-state index contributed by atoms with van der Waals surface area (Å²) in [6.07, 6.45) is 0.843. The molecule has 26 heavy (non-hydrogen) atoms. The van der Waals surface area contributed by atoms with Gasteiger partial charge in [-0.2, -0.15) is 0 Å². The predicted molar refractivity (Wildman–Crippen MR) is 110 cm³/mol. The van der Waals surface area contributed by atoms with E-state index in [0.717, 1.165) is 19.5 Å². The van der Waals surface area contributed by atoms with Crippen molar-refractivity contribution >= 4 is 0 Å². The number of likely N-dealkylation sites (N-methyl/N-ethyl adjacent to an activating group) is 1. The Hall–Kier alpha value is -2.42. The van der Waals surface area contributed by atoms with Crippen LogP contribution in [0, 0.1) is 0 Å². The maximum atomic E-state index is 8.64. The van der Waals surface area contributed by atoms with Gasteiger partial charge in [-0.15, -0.1) is 0 Å². The molecule has 1 N–H and O–H groups in total. The highest BCUT2D eigenvalue weighted by molar-refractivity contribution is 5.19. The van der Waals surface area contributed by atoms with E-state index < -0.39 is 0 Å². The van der Waals surface area contributed by atoms with E-state index in [4.69, 9.17) is 1.37 Å². The molecule has 0 saturated heterocycles. The van der Waals surface area contributed by atoms with Crippen molar-refractivity contribution in [2.75, 3.05) is 13.6 Å². The van der Waals surface area contributed by atoms with Gasteiger partial charge in [0.2, 0.25) is 0 Å². The molecular weight excluding hydrogens is 316 g/mol. The van der Waals surface area contributed by atoms with Crippen molar-refractivity contribution in [3.63, 3.8) is 0 Å². The van der Waals surface area contributed by atoms with Gasteiger partial charge in [-0.1, -0.05) is 91.0 Å². The number of nitrogens with one attached hydrogen (secondary N) is 1. The first-order valence-electron chi connectivity index (χ1n) is 9.79. The summed E-state index contributed by atoms with van der Waals surface area (Å²) in [4.78, 5) is 2.42. The monoisotopic (exact) mass is 345 g/mol. The molecule has 0 saturated carbocycles. The zero-order valence-corrected chi connectivity index (χ0v) is 15.4. The molecule has 0 fully saturated rings. The highest BCUT2D eigenvalue weighted by Gasteiger charge is 2.19. The lowest BCUT2D eigenvalue weighted by molar-refractivity contribution is 0.174. The number of hydrogen-bond acceptors (Lipinski definition) is 2. The van der Waals surface area contributed by atoms with Crippen LogP contribution < -0.4 is 5.32 Å². The summed E-state index contributed by atoms with van der Waals surface area (Å²) in [5, 5.41) is 3.16. The molecular formula is C24H28N2. The zero-order chi connectivity index (χ0) is 18.9. The second kappa shape index (κ2) is 9.91.